The summed E-state index contributed by atoms with van der Waals surface area (Å²) in [5.41, 5.74) is -0.435. The van der Waals surface area contributed by atoms with Crippen LogP contribution in [0.25, 0.3) is 0 Å². The van der Waals surface area contributed by atoms with E-state index in [-0.39, 0.29) is 5.69 Å². The molecule has 0 unspecified atom stereocenters. The van der Waals surface area contributed by atoms with Crippen molar-refractivity contribution in [2.75, 3.05) is 17.2 Å². The molecule has 0 fully saturated rings. The fraction of sp³-hybridized carbons (Fsp3) is 0.357. The second kappa shape index (κ2) is 7.06. The summed E-state index contributed by atoms with van der Waals surface area (Å²) >= 11 is 0. The molecule has 0 aliphatic carbocycles. The Bertz CT molecular complexity index is 615. The van der Waals surface area contributed by atoms with Crippen molar-refractivity contribution < 1.29 is 13.2 Å². The number of hydrogen-bond acceptors (Lipinski definition) is 5. The minimum Gasteiger partial charge on any atom is -0.353 e. The van der Waals surface area contributed by atoms with Crippen LogP contribution >= 0.6 is 0 Å². The maximum absolute atomic E-state index is 12.7. The Hall–Kier alpha value is -2.38. The smallest absolute Gasteiger partial charge is 0.353 e. The van der Waals surface area contributed by atoms with Gasteiger partial charge in [0.05, 0.1) is 11.8 Å². The van der Waals surface area contributed by atoms with Crippen molar-refractivity contribution in [3.05, 3.63) is 36.0 Å². The minimum atomic E-state index is -4.38. The molecule has 1 aromatic heterocycles. The van der Waals surface area contributed by atoms with Gasteiger partial charge in [-0.3, -0.25) is 0 Å². The normalized spacial score (nSPS) is 11.3. The highest BCUT2D eigenvalue weighted by Crippen LogP contribution is 2.31. The van der Waals surface area contributed by atoms with Gasteiger partial charge in [0.2, 0.25) is 5.95 Å². The second-order valence-electron chi connectivity index (χ2n) is 4.65. The van der Waals surface area contributed by atoms with Gasteiger partial charge in [0, 0.05) is 12.2 Å². The molecule has 0 atom stereocenters. The molecule has 0 aliphatic heterocycles. The summed E-state index contributed by atoms with van der Waals surface area (Å²) in [6.07, 6.45) is -1.03. The monoisotopic (exact) mass is 311 g/mol. The third kappa shape index (κ3) is 4.57. The van der Waals surface area contributed by atoms with Crippen molar-refractivity contribution in [1.29, 1.82) is 0 Å². The molecule has 22 heavy (non-hydrogen) atoms. The lowest BCUT2D eigenvalue weighted by Gasteiger charge is -2.10. The molecule has 0 radical (unpaired) electrons. The van der Waals surface area contributed by atoms with Crippen molar-refractivity contribution >= 4 is 17.5 Å². The van der Waals surface area contributed by atoms with Gasteiger partial charge in [-0.25, -0.2) is 0 Å². The van der Waals surface area contributed by atoms with Gasteiger partial charge < -0.3 is 10.6 Å². The highest BCUT2D eigenvalue weighted by molar-refractivity contribution is 5.57. The number of hydrogen-bond donors (Lipinski definition) is 2. The van der Waals surface area contributed by atoms with Crippen LogP contribution in [0.4, 0.5) is 30.6 Å². The van der Waals surface area contributed by atoms with Gasteiger partial charge in [-0.15, -0.1) is 5.10 Å². The largest absolute Gasteiger partial charge is 0.416 e. The van der Waals surface area contributed by atoms with Crippen LogP contribution in [0.3, 0.4) is 0 Å². The lowest BCUT2D eigenvalue weighted by molar-refractivity contribution is -0.137. The molecule has 0 saturated carbocycles. The van der Waals surface area contributed by atoms with Gasteiger partial charge in [0.25, 0.3) is 0 Å². The van der Waals surface area contributed by atoms with E-state index in [9.17, 15) is 13.2 Å². The standard InChI is InChI=1S/C14H16F3N5/c1-2-3-7-18-13-21-12(9-19-22-13)20-11-6-4-5-10(8-11)14(15,16)17/h4-6,8-9H,2-3,7H2,1H3,(H2,18,20,21,22). The number of aromatic nitrogens is 3. The Morgan fingerprint density at radius 3 is 2.77 bits per heavy atom. The average Bonchev–Trinajstić information content (AvgIpc) is 2.47. The number of anilines is 3. The lowest BCUT2D eigenvalue weighted by Crippen LogP contribution is -2.08. The molecule has 0 amide bonds. The Morgan fingerprint density at radius 1 is 1.23 bits per heavy atom. The van der Waals surface area contributed by atoms with Crippen molar-refractivity contribution in [3.8, 4) is 0 Å². The number of alkyl halides is 3. The quantitative estimate of drug-likeness (QED) is 0.794. The summed E-state index contributed by atoms with van der Waals surface area (Å²) in [7, 11) is 0. The summed E-state index contributed by atoms with van der Waals surface area (Å²) in [5, 5.41) is 13.4. The molecule has 118 valence electrons. The highest BCUT2D eigenvalue weighted by atomic mass is 19.4. The van der Waals surface area contributed by atoms with Gasteiger partial charge >= 0.3 is 6.18 Å². The van der Waals surface area contributed by atoms with Crippen molar-refractivity contribution in [2.45, 2.75) is 25.9 Å². The van der Waals surface area contributed by atoms with Crippen LogP contribution in [0.5, 0.6) is 0 Å². The van der Waals surface area contributed by atoms with Gasteiger partial charge in [-0.1, -0.05) is 19.4 Å². The van der Waals surface area contributed by atoms with Gasteiger partial charge in [0.1, 0.15) is 0 Å². The maximum Gasteiger partial charge on any atom is 0.416 e. The number of nitrogens with one attached hydrogen (secondary N) is 2. The average molecular weight is 311 g/mol. The third-order valence-corrected chi connectivity index (χ3v) is 2.83. The van der Waals surface area contributed by atoms with Crippen LogP contribution in [0.2, 0.25) is 0 Å². The first-order valence-electron chi connectivity index (χ1n) is 6.87. The summed E-state index contributed by atoms with van der Waals surface area (Å²) in [4.78, 5) is 4.15. The second-order valence-corrected chi connectivity index (χ2v) is 4.65. The molecule has 0 bridgehead atoms. The van der Waals surface area contributed by atoms with Crippen molar-refractivity contribution in [1.82, 2.24) is 15.2 Å². The molecule has 1 aromatic carbocycles. The molecule has 0 spiro atoms. The Morgan fingerprint density at radius 2 is 2.05 bits per heavy atom. The number of unbranched alkanes of at least 4 members (excludes halogenated alkanes) is 1. The fourth-order valence-electron chi connectivity index (χ4n) is 1.74. The zero-order chi connectivity index (χ0) is 16.0. The molecule has 5 nitrogen and oxygen atoms in total. The van der Waals surface area contributed by atoms with Gasteiger partial charge in [0.15, 0.2) is 5.82 Å². The first-order valence-corrected chi connectivity index (χ1v) is 6.87. The molecule has 2 rings (SSSR count). The molecular formula is C14H16F3N5. The van der Waals surface area contributed by atoms with E-state index in [1.165, 1.54) is 18.3 Å². The summed E-state index contributed by atoms with van der Waals surface area (Å²) in [6, 6.07) is 4.90. The topological polar surface area (TPSA) is 62.7 Å². The number of rotatable bonds is 6. The molecule has 1 heterocycles. The molecule has 2 N–H and O–H groups in total. The predicted molar refractivity (Wildman–Crippen MR) is 78.0 cm³/mol. The van der Waals surface area contributed by atoms with E-state index in [1.807, 2.05) is 0 Å². The van der Waals surface area contributed by atoms with E-state index < -0.39 is 11.7 Å². The SMILES string of the molecule is CCCCNc1nncc(Nc2cccc(C(F)(F)F)c2)n1. The fourth-order valence-corrected chi connectivity index (χ4v) is 1.74. The molecule has 0 saturated heterocycles. The molecular weight excluding hydrogens is 295 g/mol. The first-order chi connectivity index (χ1) is 10.5. The zero-order valence-corrected chi connectivity index (χ0v) is 12.0. The Kier molecular flexibility index (Phi) is 5.13. The number of halogens is 3. The van der Waals surface area contributed by atoms with Crippen LogP contribution in [0, 0.1) is 0 Å². The summed E-state index contributed by atoms with van der Waals surface area (Å²) in [5.74, 6) is 0.666. The Labute approximate surface area is 126 Å². The van der Waals surface area contributed by atoms with E-state index >= 15 is 0 Å². The van der Waals surface area contributed by atoms with Crippen LogP contribution in [-0.2, 0) is 6.18 Å². The van der Waals surface area contributed by atoms with E-state index in [0.29, 0.717) is 18.3 Å². The summed E-state index contributed by atoms with van der Waals surface area (Å²) in [6.45, 7) is 2.78. The van der Waals surface area contributed by atoms with Gasteiger partial charge in [-0.05, 0) is 24.6 Å². The lowest BCUT2D eigenvalue weighted by atomic mass is 10.2. The van der Waals surface area contributed by atoms with E-state index in [0.717, 1.165) is 25.0 Å². The molecule has 0 aliphatic rings. The third-order valence-electron chi connectivity index (χ3n) is 2.83. The molecule has 8 heteroatoms. The van der Waals surface area contributed by atoms with Gasteiger partial charge in [-0.2, -0.15) is 23.3 Å². The minimum absolute atomic E-state index is 0.287. The van der Waals surface area contributed by atoms with Crippen LogP contribution in [0.15, 0.2) is 30.5 Å². The van der Waals surface area contributed by atoms with E-state index in [1.54, 1.807) is 0 Å². The summed E-state index contributed by atoms with van der Waals surface area (Å²) < 4.78 is 38.0. The Balaban J connectivity index is 2.09. The highest BCUT2D eigenvalue weighted by Gasteiger charge is 2.30. The zero-order valence-electron chi connectivity index (χ0n) is 12.0. The van der Waals surface area contributed by atoms with Crippen LogP contribution in [0.1, 0.15) is 25.3 Å². The maximum atomic E-state index is 12.7. The van der Waals surface area contributed by atoms with Crippen molar-refractivity contribution in [3.63, 3.8) is 0 Å². The predicted octanol–water partition coefficient (Wildman–Crippen LogP) is 3.85. The number of benzene rings is 1. The van der Waals surface area contributed by atoms with Crippen molar-refractivity contribution in [2.24, 2.45) is 0 Å². The van der Waals surface area contributed by atoms with E-state index in [2.05, 4.69) is 32.7 Å². The van der Waals surface area contributed by atoms with Crippen LogP contribution < -0.4 is 10.6 Å². The molecule has 2 aromatic rings. The van der Waals surface area contributed by atoms with Crippen LogP contribution in [-0.4, -0.2) is 21.7 Å². The number of nitrogens with zero attached hydrogens (tertiary/aromatic N) is 3. The first kappa shape index (κ1) is 16.0. The van der Waals surface area contributed by atoms with E-state index in [4.69, 9.17) is 0 Å².